The third kappa shape index (κ3) is 4.99. The zero-order valence-electron chi connectivity index (χ0n) is 19.7. The van der Waals surface area contributed by atoms with E-state index in [4.69, 9.17) is 11.6 Å². The van der Waals surface area contributed by atoms with Gasteiger partial charge in [-0.15, -0.1) is 0 Å². The van der Waals surface area contributed by atoms with Gasteiger partial charge in [-0.3, -0.25) is 4.79 Å². The molecular formula is C31H24ClN3O. The highest BCUT2D eigenvalue weighted by atomic mass is 35.5. The zero-order chi connectivity index (χ0) is 24.9. The van der Waals surface area contributed by atoms with Crippen LogP contribution < -0.4 is 5.43 Å². The van der Waals surface area contributed by atoms with Crippen LogP contribution in [0.4, 0.5) is 0 Å². The van der Waals surface area contributed by atoms with Gasteiger partial charge in [-0.25, -0.2) is 5.43 Å². The van der Waals surface area contributed by atoms with Crippen LogP contribution in [-0.2, 0) is 0 Å². The molecule has 5 heteroatoms. The number of aryl methyl sites for hydroxylation is 1. The van der Waals surface area contributed by atoms with Gasteiger partial charge in [0.25, 0.3) is 5.91 Å². The Morgan fingerprint density at radius 3 is 2.06 bits per heavy atom. The number of nitrogens with one attached hydrogen (secondary N) is 1. The summed E-state index contributed by atoms with van der Waals surface area (Å²) < 4.78 is 2.24. The molecule has 1 amide bonds. The Labute approximate surface area is 215 Å². The Morgan fingerprint density at radius 2 is 1.42 bits per heavy atom. The predicted molar refractivity (Wildman–Crippen MR) is 148 cm³/mol. The first-order valence-corrected chi connectivity index (χ1v) is 12.0. The van der Waals surface area contributed by atoms with Crippen LogP contribution in [0, 0.1) is 6.92 Å². The quantitative estimate of drug-likeness (QED) is 0.194. The van der Waals surface area contributed by atoms with E-state index in [-0.39, 0.29) is 5.91 Å². The Morgan fingerprint density at radius 1 is 0.806 bits per heavy atom. The fourth-order valence-corrected chi connectivity index (χ4v) is 4.26. The topological polar surface area (TPSA) is 46.4 Å². The molecule has 4 nitrogen and oxygen atoms in total. The fourth-order valence-electron chi connectivity index (χ4n) is 4.13. The summed E-state index contributed by atoms with van der Waals surface area (Å²) in [5.41, 5.74) is 10.4. The van der Waals surface area contributed by atoms with Gasteiger partial charge in [0.2, 0.25) is 0 Å². The molecule has 0 atom stereocenters. The van der Waals surface area contributed by atoms with Gasteiger partial charge in [-0.1, -0.05) is 90.0 Å². The maximum Gasteiger partial charge on any atom is 0.271 e. The minimum absolute atomic E-state index is 0.301. The highest BCUT2D eigenvalue weighted by molar-refractivity contribution is 6.30. The normalized spacial score (nSPS) is 11.1. The number of rotatable bonds is 6. The van der Waals surface area contributed by atoms with Crippen LogP contribution >= 0.6 is 11.6 Å². The Balaban J connectivity index is 1.62. The summed E-state index contributed by atoms with van der Waals surface area (Å²) in [6.07, 6.45) is 1.70. The molecule has 0 aliphatic heterocycles. The molecule has 5 aromatic rings. The van der Waals surface area contributed by atoms with Crippen LogP contribution in [0.15, 0.2) is 120 Å². The van der Waals surface area contributed by atoms with E-state index in [1.807, 2.05) is 36.4 Å². The van der Waals surface area contributed by atoms with Crippen LogP contribution in [-0.4, -0.2) is 16.7 Å². The summed E-state index contributed by atoms with van der Waals surface area (Å²) in [5, 5.41) is 4.89. The number of nitrogens with zero attached hydrogens (tertiary/aromatic N) is 2. The molecule has 0 unspecified atom stereocenters. The van der Waals surface area contributed by atoms with Crippen molar-refractivity contribution in [2.75, 3.05) is 0 Å². The Bertz CT molecular complexity index is 1500. The molecule has 0 aliphatic rings. The third-order valence-electron chi connectivity index (χ3n) is 5.92. The lowest BCUT2D eigenvalue weighted by atomic mass is 10.1. The van der Waals surface area contributed by atoms with Crippen molar-refractivity contribution in [1.29, 1.82) is 0 Å². The van der Waals surface area contributed by atoms with Crippen LogP contribution in [0.2, 0.25) is 5.02 Å². The summed E-state index contributed by atoms with van der Waals surface area (Å²) >= 11 is 5.94. The summed E-state index contributed by atoms with van der Waals surface area (Å²) in [4.78, 5) is 12.6. The van der Waals surface area contributed by atoms with E-state index in [0.29, 0.717) is 10.6 Å². The first kappa shape index (κ1) is 23.3. The molecule has 0 saturated carbocycles. The van der Waals surface area contributed by atoms with Gasteiger partial charge >= 0.3 is 0 Å². The lowest BCUT2D eigenvalue weighted by Crippen LogP contribution is -2.17. The van der Waals surface area contributed by atoms with E-state index in [2.05, 4.69) is 76.6 Å². The van der Waals surface area contributed by atoms with Crippen molar-refractivity contribution in [3.63, 3.8) is 0 Å². The predicted octanol–water partition coefficient (Wildman–Crippen LogP) is 7.54. The molecule has 0 saturated heterocycles. The smallest absolute Gasteiger partial charge is 0.271 e. The third-order valence-corrected chi connectivity index (χ3v) is 6.17. The van der Waals surface area contributed by atoms with Crippen LogP contribution in [0.25, 0.3) is 28.2 Å². The summed E-state index contributed by atoms with van der Waals surface area (Å²) in [6.45, 7) is 2.08. The van der Waals surface area contributed by atoms with Crippen molar-refractivity contribution < 1.29 is 4.79 Å². The van der Waals surface area contributed by atoms with E-state index in [1.54, 1.807) is 30.5 Å². The number of carbonyl (C=O) groups is 1. The number of hydrogen-bond donors (Lipinski definition) is 1. The maximum atomic E-state index is 12.6. The molecule has 1 N–H and O–H groups in total. The fraction of sp³-hybridized carbons (Fsp3) is 0.0323. The average molecular weight is 490 g/mol. The number of hydrogen-bond acceptors (Lipinski definition) is 2. The largest absolute Gasteiger partial charge is 0.309 e. The van der Waals surface area contributed by atoms with Crippen molar-refractivity contribution in [3.8, 4) is 28.2 Å². The second-order valence-electron chi connectivity index (χ2n) is 8.44. The number of aromatic nitrogens is 1. The molecule has 1 aromatic heterocycles. The standard InChI is InChI=1S/C31H24ClN3O/c1-22-12-18-28(19-13-22)35-29(23-8-4-2-5-9-23)20-26(30(35)24-10-6-3-7-11-24)21-33-34-31(36)25-14-16-27(32)17-15-25/h2-21H,1H3,(H,34,36)/b33-21-. The number of carbonyl (C=O) groups excluding carboxylic acids is 1. The van der Waals surface area contributed by atoms with E-state index in [0.717, 1.165) is 33.8 Å². The van der Waals surface area contributed by atoms with Gasteiger partial charge in [0.1, 0.15) is 0 Å². The number of hydrazone groups is 1. The van der Waals surface area contributed by atoms with Crippen molar-refractivity contribution in [2.45, 2.75) is 6.92 Å². The number of halogens is 1. The van der Waals surface area contributed by atoms with Gasteiger partial charge < -0.3 is 4.57 Å². The summed E-state index contributed by atoms with van der Waals surface area (Å²) in [6, 6.07) is 37.7. The van der Waals surface area contributed by atoms with Crippen LogP contribution in [0.1, 0.15) is 21.5 Å². The van der Waals surface area contributed by atoms with Crippen LogP contribution in [0.3, 0.4) is 0 Å². The van der Waals surface area contributed by atoms with E-state index < -0.39 is 0 Å². The van der Waals surface area contributed by atoms with E-state index in [1.165, 1.54) is 5.56 Å². The maximum absolute atomic E-state index is 12.6. The highest BCUT2D eigenvalue weighted by Crippen LogP contribution is 2.35. The molecule has 5 rings (SSSR count). The molecule has 0 fully saturated rings. The molecule has 0 bridgehead atoms. The summed E-state index contributed by atoms with van der Waals surface area (Å²) in [7, 11) is 0. The van der Waals surface area contributed by atoms with Gasteiger partial charge in [0.15, 0.2) is 0 Å². The van der Waals surface area contributed by atoms with E-state index >= 15 is 0 Å². The molecule has 176 valence electrons. The van der Waals surface area contributed by atoms with Crippen molar-refractivity contribution in [2.24, 2.45) is 5.10 Å². The second kappa shape index (κ2) is 10.5. The zero-order valence-corrected chi connectivity index (χ0v) is 20.5. The first-order chi connectivity index (χ1) is 17.6. The van der Waals surface area contributed by atoms with Gasteiger partial charge in [-0.05, 0) is 60.5 Å². The molecule has 0 radical (unpaired) electrons. The van der Waals surface area contributed by atoms with Crippen molar-refractivity contribution >= 4 is 23.7 Å². The number of amides is 1. The molecule has 4 aromatic carbocycles. The molecular weight excluding hydrogens is 466 g/mol. The minimum atomic E-state index is -0.301. The van der Waals surface area contributed by atoms with Gasteiger partial charge in [-0.2, -0.15) is 5.10 Å². The molecule has 0 spiro atoms. The SMILES string of the molecule is Cc1ccc(-n2c(-c3ccccc3)cc(/C=N\NC(=O)c3ccc(Cl)cc3)c2-c2ccccc2)cc1. The molecule has 1 heterocycles. The lowest BCUT2D eigenvalue weighted by Gasteiger charge is -2.15. The van der Waals surface area contributed by atoms with Gasteiger partial charge in [0.05, 0.1) is 17.6 Å². The highest BCUT2D eigenvalue weighted by Gasteiger charge is 2.18. The average Bonchev–Trinajstić information content (AvgIpc) is 3.30. The molecule has 36 heavy (non-hydrogen) atoms. The van der Waals surface area contributed by atoms with Gasteiger partial charge in [0, 0.05) is 21.8 Å². The Hall–Kier alpha value is -4.41. The van der Waals surface area contributed by atoms with E-state index in [9.17, 15) is 4.79 Å². The first-order valence-electron chi connectivity index (χ1n) is 11.6. The van der Waals surface area contributed by atoms with Crippen molar-refractivity contribution in [1.82, 2.24) is 9.99 Å². The number of benzene rings is 4. The second-order valence-corrected chi connectivity index (χ2v) is 8.88. The summed E-state index contributed by atoms with van der Waals surface area (Å²) in [5.74, 6) is -0.301. The van der Waals surface area contributed by atoms with Crippen molar-refractivity contribution in [3.05, 3.63) is 137 Å². The molecule has 0 aliphatic carbocycles. The Kier molecular flexibility index (Phi) is 6.78. The lowest BCUT2D eigenvalue weighted by molar-refractivity contribution is 0.0955. The monoisotopic (exact) mass is 489 g/mol. The van der Waals surface area contributed by atoms with Crippen LogP contribution in [0.5, 0.6) is 0 Å². The minimum Gasteiger partial charge on any atom is -0.309 e.